The Morgan fingerprint density at radius 1 is 1.00 bits per heavy atom. The van der Waals surface area contributed by atoms with Gasteiger partial charge in [-0.25, -0.2) is 0 Å². The van der Waals surface area contributed by atoms with Crippen molar-refractivity contribution in [1.82, 2.24) is 10.2 Å². The van der Waals surface area contributed by atoms with Gasteiger partial charge in [-0.15, -0.1) is 6.42 Å². The van der Waals surface area contributed by atoms with E-state index in [1.807, 2.05) is 13.8 Å². The molecule has 0 unspecified atom stereocenters. The van der Waals surface area contributed by atoms with Crippen molar-refractivity contribution in [1.29, 1.82) is 0 Å². The summed E-state index contributed by atoms with van der Waals surface area (Å²) >= 11 is 24.0. The monoisotopic (exact) mass is 434 g/mol. The summed E-state index contributed by atoms with van der Waals surface area (Å²) < 4.78 is 0. The van der Waals surface area contributed by atoms with Crippen LogP contribution in [0.5, 0.6) is 0 Å². The van der Waals surface area contributed by atoms with Gasteiger partial charge < -0.3 is 5.32 Å². The van der Waals surface area contributed by atoms with Crippen molar-refractivity contribution in [3.05, 3.63) is 31.2 Å². The van der Waals surface area contributed by atoms with E-state index in [9.17, 15) is 14.4 Å². The van der Waals surface area contributed by atoms with Crippen LogP contribution in [0.15, 0.2) is 0 Å². The molecule has 0 bridgehead atoms. The number of hydrogen-bond acceptors (Lipinski definition) is 3. The van der Waals surface area contributed by atoms with Crippen molar-refractivity contribution in [3.8, 4) is 12.3 Å². The van der Waals surface area contributed by atoms with Gasteiger partial charge in [-0.1, -0.05) is 66.2 Å². The predicted octanol–water partition coefficient (Wildman–Crippen LogP) is 4.20. The highest BCUT2D eigenvalue weighted by Gasteiger charge is 2.42. The number of terminal acetylenes is 1. The van der Waals surface area contributed by atoms with E-state index in [4.69, 9.17) is 52.8 Å². The number of nitrogens with zero attached hydrogens (tertiary/aromatic N) is 1. The van der Waals surface area contributed by atoms with Crippen LogP contribution >= 0.6 is 46.4 Å². The first-order valence-corrected chi connectivity index (χ1v) is 9.16. The third kappa shape index (κ3) is 3.27. The van der Waals surface area contributed by atoms with E-state index in [0.29, 0.717) is 12.8 Å². The highest BCUT2D eigenvalue weighted by molar-refractivity contribution is 6.55. The molecule has 0 radical (unpaired) electrons. The topological polar surface area (TPSA) is 66.5 Å². The number of nitrogens with one attached hydrogen (secondary N) is 1. The molecular weight excluding hydrogens is 422 g/mol. The summed E-state index contributed by atoms with van der Waals surface area (Å²) in [6.45, 7) is 3.13. The van der Waals surface area contributed by atoms with E-state index >= 15 is 0 Å². The second kappa shape index (κ2) is 7.66. The van der Waals surface area contributed by atoms with Crippen LogP contribution in [0.4, 0.5) is 0 Å². The fourth-order valence-corrected chi connectivity index (χ4v) is 3.67. The zero-order valence-electron chi connectivity index (χ0n) is 13.9. The molecule has 0 saturated heterocycles. The molecule has 0 spiro atoms. The fraction of sp³-hybridized carbons (Fsp3) is 0.353. The van der Waals surface area contributed by atoms with Crippen molar-refractivity contribution in [3.63, 3.8) is 0 Å². The minimum Gasteiger partial charge on any atom is -0.338 e. The average molecular weight is 436 g/mol. The molecule has 0 aromatic heterocycles. The first-order valence-electron chi connectivity index (χ1n) is 7.65. The number of amides is 3. The van der Waals surface area contributed by atoms with Gasteiger partial charge >= 0.3 is 0 Å². The smallest absolute Gasteiger partial charge is 0.263 e. The number of carbonyl (C=O) groups excluding carboxylic acids is 3. The first-order chi connectivity index (χ1) is 12.1. The van der Waals surface area contributed by atoms with E-state index in [1.165, 1.54) is 0 Å². The fourth-order valence-electron chi connectivity index (χ4n) is 2.66. The number of hydrogen-bond donors (Lipinski definition) is 1. The van der Waals surface area contributed by atoms with Gasteiger partial charge in [-0.3, -0.25) is 19.3 Å². The standard InChI is InChI=1S/C17H14Cl4N2O3/c1-4-17(5-2,6-3)22-8(24)7-23-15(25)9-10(16(23)26)12(19)14(21)13(20)11(9)18/h1H,5-7H2,2-3H3,(H,22,24). The largest absolute Gasteiger partial charge is 0.338 e. The summed E-state index contributed by atoms with van der Waals surface area (Å²) in [7, 11) is 0. The van der Waals surface area contributed by atoms with Gasteiger partial charge in [0.25, 0.3) is 11.8 Å². The molecule has 9 heteroatoms. The van der Waals surface area contributed by atoms with E-state index in [0.717, 1.165) is 4.90 Å². The Labute approximate surface area is 170 Å². The minimum atomic E-state index is -0.850. The van der Waals surface area contributed by atoms with E-state index < -0.39 is 29.8 Å². The Morgan fingerprint density at radius 2 is 1.42 bits per heavy atom. The lowest BCUT2D eigenvalue weighted by Gasteiger charge is -2.27. The summed E-state index contributed by atoms with van der Waals surface area (Å²) in [5.41, 5.74) is -1.19. The zero-order chi connectivity index (χ0) is 19.8. The molecule has 0 aliphatic carbocycles. The van der Waals surface area contributed by atoms with Gasteiger partial charge in [0.15, 0.2) is 0 Å². The number of halogens is 4. The second-order valence-electron chi connectivity index (χ2n) is 5.68. The minimum absolute atomic E-state index is 0.132. The molecule has 2 rings (SSSR count). The van der Waals surface area contributed by atoms with E-state index in [2.05, 4.69) is 11.2 Å². The van der Waals surface area contributed by atoms with Crippen molar-refractivity contribution in [2.45, 2.75) is 32.2 Å². The molecule has 1 aliphatic rings. The van der Waals surface area contributed by atoms with Crippen LogP contribution in [0, 0.1) is 12.3 Å². The molecule has 138 valence electrons. The maximum atomic E-state index is 12.6. The van der Waals surface area contributed by atoms with E-state index in [-0.39, 0.29) is 31.2 Å². The summed E-state index contributed by atoms with van der Waals surface area (Å²) in [5.74, 6) is 0.421. The quantitative estimate of drug-likeness (QED) is 0.326. The van der Waals surface area contributed by atoms with Crippen LogP contribution in [-0.2, 0) is 4.79 Å². The summed E-state index contributed by atoms with van der Waals surface area (Å²) in [6.07, 6.45) is 6.50. The number of imide groups is 1. The van der Waals surface area contributed by atoms with Crippen LogP contribution in [-0.4, -0.2) is 34.7 Å². The lowest BCUT2D eigenvalue weighted by Crippen LogP contribution is -2.50. The van der Waals surface area contributed by atoms with Crippen molar-refractivity contribution in [2.24, 2.45) is 0 Å². The SMILES string of the molecule is C#CC(CC)(CC)NC(=O)CN1C(=O)c2c(Cl)c(Cl)c(Cl)c(Cl)c2C1=O. The van der Waals surface area contributed by atoms with Crippen molar-refractivity contribution < 1.29 is 14.4 Å². The van der Waals surface area contributed by atoms with Gasteiger partial charge in [0, 0.05) is 0 Å². The summed E-state index contributed by atoms with van der Waals surface area (Å²) in [4.78, 5) is 38.3. The Morgan fingerprint density at radius 3 is 1.77 bits per heavy atom. The Bertz CT molecular complexity index is 810. The number of carbonyl (C=O) groups is 3. The van der Waals surface area contributed by atoms with Gasteiger partial charge in [0.05, 0.1) is 31.2 Å². The van der Waals surface area contributed by atoms with Crippen LogP contribution in [0.2, 0.25) is 20.1 Å². The maximum absolute atomic E-state index is 12.6. The Balaban J connectivity index is 2.35. The number of fused-ring (bicyclic) bond motifs is 1. The van der Waals surface area contributed by atoms with Gasteiger partial charge in [-0.2, -0.15) is 0 Å². The van der Waals surface area contributed by atoms with Crippen molar-refractivity contribution >= 4 is 64.1 Å². The van der Waals surface area contributed by atoms with Gasteiger partial charge in [-0.05, 0) is 12.8 Å². The molecule has 0 fully saturated rings. The zero-order valence-corrected chi connectivity index (χ0v) is 16.9. The normalized spacial score (nSPS) is 13.7. The first kappa shape index (κ1) is 20.9. The molecule has 1 N–H and O–H groups in total. The third-order valence-corrected chi connectivity index (χ3v) is 6.15. The van der Waals surface area contributed by atoms with Crippen LogP contribution < -0.4 is 5.32 Å². The van der Waals surface area contributed by atoms with Gasteiger partial charge in [0.1, 0.15) is 12.1 Å². The molecule has 0 atom stereocenters. The third-order valence-electron chi connectivity index (χ3n) is 4.35. The van der Waals surface area contributed by atoms with Gasteiger partial charge in [0.2, 0.25) is 5.91 Å². The molecule has 1 aromatic carbocycles. The number of rotatable bonds is 5. The average Bonchev–Trinajstić information content (AvgIpc) is 2.87. The Hall–Kier alpha value is -1.45. The summed E-state index contributed by atoms with van der Waals surface area (Å²) in [6, 6.07) is 0. The molecule has 1 heterocycles. The van der Waals surface area contributed by atoms with Crippen molar-refractivity contribution in [2.75, 3.05) is 6.54 Å². The highest BCUT2D eigenvalue weighted by Crippen LogP contribution is 2.44. The molecule has 3 amide bonds. The maximum Gasteiger partial charge on any atom is 0.263 e. The predicted molar refractivity (Wildman–Crippen MR) is 102 cm³/mol. The molecule has 1 aromatic rings. The molecular formula is C17H14Cl4N2O3. The Kier molecular flexibility index (Phi) is 6.14. The second-order valence-corrected chi connectivity index (χ2v) is 7.20. The molecule has 26 heavy (non-hydrogen) atoms. The molecule has 1 aliphatic heterocycles. The summed E-state index contributed by atoms with van der Waals surface area (Å²) in [5, 5.41) is 2.06. The lowest BCUT2D eigenvalue weighted by atomic mass is 9.94. The van der Waals surface area contributed by atoms with E-state index in [1.54, 1.807) is 0 Å². The molecule has 0 saturated carbocycles. The van der Waals surface area contributed by atoms with Crippen LogP contribution in [0.25, 0.3) is 0 Å². The van der Waals surface area contributed by atoms with Crippen LogP contribution in [0.3, 0.4) is 0 Å². The number of benzene rings is 1. The molecule has 5 nitrogen and oxygen atoms in total. The lowest BCUT2D eigenvalue weighted by molar-refractivity contribution is -0.122. The highest BCUT2D eigenvalue weighted by atomic mass is 35.5. The van der Waals surface area contributed by atoms with Crippen LogP contribution in [0.1, 0.15) is 47.4 Å².